The fourth-order valence-electron chi connectivity index (χ4n) is 3.53. The Morgan fingerprint density at radius 2 is 2.15 bits per heavy atom. The molecule has 2 aliphatic rings. The second kappa shape index (κ2) is 7.46. The number of fused-ring (bicyclic) bond motifs is 1. The molecule has 4 rings (SSSR count). The summed E-state index contributed by atoms with van der Waals surface area (Å²) in [5, 5.41) is 10.9. The van der Waals surface area contributed by atoms with Gasteiger partial charge >= 0.3 is 0 Å². The molecule has 0 bridgehead atoms. The molecule has 3 heterocycles. The number of rotatable bonds is 5. The van der Waals surface area contributed by atoms with E-state index >= 15 is 0 Å². The van der Waals surface area contributed by atoms with E-state index in [2.05, 4.69) is 25.6 Å². The fourth-order valence-corrected chi connectivity index (χ4v) is 3.53. The topological polar surface area (TPSA) is 99.3 Å². The number of ether oxygens (including phenoxy) is 1. The van der Waals surface area contributed by atoms with E-state index < -0.39 is 0 Å². The number of carbonyl (C=O) groups is 1. The molecule has 1 aliphatic heterocycles. The van der Waals surface area contributed by atoms with Crippen molar-refractivity contribution in [3.8, 4) is 5.95 Å². The highest BCUT2D eigenvalue weighted by Gasteiger charge is 2.19. The lowest BCUT2D eigenvalue weighted by Gasteiger charge is -2.23. The van der Waals surface area contributed by atoms with Gasteiger partial charge in [-0.1, -0.05) is 5.21 Å². The van der Waals surface area contributed by atoms with Gasteiger partial charge in [0.15, 0.2) is 5.69 Å². The first kappa shape index (κ1) is 17.0. The van der Waals surface area contributed by atoms with Gasteiger partial charge in [0, 0.05) is 11.4 Å². The largest absolute Gasteiger partial charge is 0.370 e. The molecule has 2 N–H and O–H groups in total. The van der Waals surface area contributed by atoms with Crippen LogP contribution in [0.1, 0.15) is 33.9 Å². The van der Waals surface area contributed by atoms with Crippen molar-refractivity contribution in [1.29, 1.82) is 0 Å². The smallest absolute Gasteiger partial charge is 0.273 e. The van der Waals surface area contributed by atoms with Crippen molar-refractivity contribution >= 4 is 5.91 Å². The summed E-state index contributed by atoms with van der Waals surface area (Å²) in [6.07, 6.45) is 4.71. The monoisotopic (exact) mass is 358 g/mol. The average Bonchev–Trinajstić information content (AvgIpc) is 3.32. The zero-order valence-corrected chi connectivity index (χ0v) is 15.0. The highest BCUT2D eigenvalue weighted by Crippen LogP contribution is 2.22. The maximum absolute atomic E-state index is 12.3. The molecule has 0 spiro atoms. The highest BCUT2D eigenvalue weighted by atomic mass is 16.5. The second-order valence-electron chi connectivity index (χ2n) is 6.80. The minimum absolute atomic E-state index is 0.221. The molecule has 1 saturated heterocycles. The summed E-state index contributed by atoms with van der Waals surface area (Å²) in [6, 6.07) is 0. The summed E-state index contributed by atoms with van der Waals surface area (Å²) >= 11 is 0. The molecule has 9 nitrogen and oxygen atoms in total. The molecular formula is C17H24N7O2+. The first-order chi connectivity index (χ1) is 12.7. The zero-order valence-electron chi connectivity index (χ0n) is 15.0. The highest BCUT2D eigenvalue weighted by molar-refractivity contribution is 5.91. The molecule has 9 heteroatoms. The van der Waals surface area contributed by atoms with E-state index in [-0.39, 0.29) is 11.6 Å². The molecule has 1 fully saturated rings. The van der Waals surface area contributed by atoms with Gasteiger partial charge in [-0.15, -0.1) is 5.10 Å². The summed E-state index contributed by atoms with van der Waals surface area (Å²) < 4.78 is 6.82. The normalized spacial score (nSPS) is 17.3. The molecule has 0 radical (unpaired) electrons. The Kier molecular flexibility index (Phi) is 4.89. The van der Waals surface area contributed by atoms with Crippen molar-refractivity contribution in [1.82, 2.24) is 30.3 Å². The van der Waals surface area contributed by atoms with E-state index in [9.17, 15) is 4.79 Å². The maximum atomic E-state index is 12.3. The zero-order chi connectivity index (χ0) is 17.9. The molecule has 2 aromatic heterocycles. The van der Waals surface area contributed by atoms with E-state index in [1.165, 1.54) is 15.1 Å². The van der Waals surface area contributed by atoms with E-state index in [1.807, 2.05) is 6.92 Å². The van der Waals surface area contributed by atoms with E-state index in [1.54, 1.807) is 6.20 Å². The van der Waals surface area contributed by atoms with Gasteiger partial charge in [0.25, 0.3) is 11.9 Å². The third-order valence-electron chi connectivity index (χ3n) is 5.02. The minimum atomic E-state index is -0.221. The van der Waals surface area contributed by atoms with Gasteiger partial charge in [0.05, 0.1) is 32.5 Å². The number of aryl methyl sites for hydroxylation is 2. The molecule has 1 aliphatic carbocycles. The predicted octanol–water partition coefficient (Wildman–Crippen LogP) is -1.50. The van der Waals surface area contributed by atoms with Crippen molar-refractivity contribution in [3.63, 3.8) is 0 Å². The first-order valence-electron chi connectivity index (χ1n) is 9.19. The fraction of sp³-hybridized carbons (Fsp3) is 0.588. The van der Waals surface area contributed by atoms with Gasteiger partial charge in [-0.3, -0.25) is 4.79 Å². The summed E-state index contributed by atoms with van der Waals surface area (Å²) in [6.45, 7) is 7.04. The number of morpholine rings is 1. The number of carbonyl (C=O) groups excluding carboxylic acids is 1. The Bertz CT molecular complexity index is 798. The van der Waals surface area contributed by atoms with E-state index in [0.717, 1.165) is 63.5 Å². The second-order valence-corrected chi connectivity index (χ2v) is 6.80. The number of aromatic nitrogens is 5. The van der Waals surface area contributed by atoms with Crippen LogP contribution in [-0.2, 0) is 17.6 Å². The lowest BCUT2D eigenvalue weighted by atomic mass is 10.2. The third-order valence-corrected chi connectivity index (χ3v) is 5.02. The first-order valence-corrected chi connectivity index (χ1v) is 9.19. The number of hydrogen-bond donors (Lipinski definition) is 2. The number of hydrogen-bond acceptors (Lipinski definition) is 6. The quantitative estimate of drug-likeness (QED) is 0.675. The van der Waals surface area contributed by atoms with Gasteiger partial charge in [-0.25, -0.2) is 9.97 Å². The van der Waals surface area contributed by atoms with Crippen molar-refractivity contribution in [2.75, 3.05) is 39.4 Å². The van der Waals surface area contributed by atoms with Crippen LogP contribution in [0.15, 0.2) is 6.20 Å². The van der Waals surface area contributed by atoms with Gasteiger partial charge < -0.3 is 15.0 Å². The van der Waals surface area contributed by atoms with Crippen molar-refractivity contribution in [3.05, 3.63) is 28.8 Å². The Labute approximate surface area is 151 Å². The van der Waals surface area contributed by atoms with Gasteiger partial charge in [0.1, 0.15) is 13.1 Å². The molecule has 2 aromatic rings. The van der Waals surface area contributed by atoms with Crippen LogP contribution in [0.5, 0.6) is 0 Å². The number of nitrogens with one attached hydrogen (secondary N) is 2. The van der Waals surface area contributed by atoms with Crippen LogP contribution in [-0.4, -0.2) is 70.3 Å². The summed E-state index contributed by atoms with van der Waals surface area (Å²) in [7, 11) is 0. The maximum Gasteiger partial charge on any atom is 0.273 e. The van der Waals surface area contributed by atoms with E-state index in [0.29, 0.717) is 12.5 Å². The molecule has 0 atom stereocenters. The SMILES string of the molecule is Cc1nc(-n2cc(C(=O)NCC[NH+]3CCOCC3)nn2)nc2c1CCC2. The molecule has 0 aromatic carbocycles. The molecule has 1 amide bonds. The Morgan fingerprint density at radius 3 is 3.00 bits per heavy atom. The summed E-state index contributed by atoms with van der Waals surface area (Å²) in [4.78, 5) is 22.8. The average molecular weight is 358 g/mol. The molecular weight excluding hydrogens is 334 g/mol. The Hall–Kier alpha value is -2.39. The van der Waals surface area contributed by atoms with Crippen molar-refractivity contribution in [2.45, 2.75) is 26.2 Å². The number of nitrogens with zero attached hydrogens (tertiary/aromatic N) is 5. The van der Waals surface area contributed by atoms with Crippen LogP contribution in [0.2, 0.25) is 0 Å². The number of quaternary nitrogens is 1. The third kappa shape index (κ3) is 3.58. The minimum Gasteiger partial charge on any atom is -0.370 e. The van der Waals surface area contributed by atoms with E-state index in [4.69, 9.17) is 4.74 Å². The van der Waals surface area contributed by atoms with Crippen LogP contribution in [0.25, 0.3) is 5.95 Å². The Morgan fingerprint density at radius 1 is 1.31 bits per heavy atom. The predicted molar refractivity (Wildman–Crippen MR) is 92.4 cm³/mol. The standard InChI is InChI=1S/C17H23N7O2/c1-12-13-3-2-4-14(13)20-17(19-12)24-11-15(21-22-24)16(25)18-5-6-23-7-9-26-10-8-23/h11H,2-10H2,1H3,(H,18,25)/p+1. The molecule has 138 valence electrons. The van der Waals surface area contributed by atoms with Crippen molar-refractivity contribution in [2.24, 2.45) is 0 Å². The lowest BCUT2D eigenvalue weighted by Crippen LogP contribution is -3.14. The summed E-state index contributed by atoms with van der Waals surface area (Å²) in [5.74, 6) is 0.259. The van der Waals surface area contributed by atoms with Crippen molar-refractivity contribution < 1.29 is 14.4 Å². The Balaban J connectivity index is 1.38. The van der Waals surface area contributed by atoms with Crippen LogP contribution in [0, 0.1) is 6.92 Å². The number of amides is 1. The van der Waals surface area contributed by atoms with Crippen LogP contribution in [0.3, 0.4) is 0 Å². The van der Waals surface area contributed by atoms with Crippen LogP contribution in [0.4, 0.5) is 0 Å². The molecule has 0 saturated carbocycles. The lowest BCUT2D eigenvalue weighted by molar-refractivity contribution is -0.906. The van der Waals surface area contributed by atoms with Crippen LogP contribution < -0.4 is 10.2 Å². The van der Waals surface area contributed by atoms with Gasteiger partial charge in [0.2, 0.25) is 0 Å². The molecule has 26 heavy (non-hydrogen) atoms. The van der Waals surface area contributed by atoms with Crippen LogP contribution >= 0.6 is 0 Å². The van der Waals surface area contributed by atoms with Gasteiger partial charge in [-0.05, 0) is 31.7 Å². The molecule has 0 unspecified atom stereocenters. The van der Waals surface area contributed by atoms with Gasteiger partial charge in [-0.2, -0.15) is 4.68 Å². The summed E-state index contributed by atoms with van der Waals surface area (Å²) in [5.41, 5.74) is 3.60.